The predicted octanol–water partition coefficient (Wildman–Crippen LogP) is 2.50. The SMILES string of the molecule is COC(=O)C1Cc2ccccc2N1C(=O)[C@H](CC(C)C)Nc1nc(OC)ns1. The smallest absolute Gasteiger partial charge is 0.329 e. The summed E-state index contributed by atoms with van der Waals surface area (Å²) in [5.74, 6) is -0.362. The lowest BCUT2D eigenvalue weighted by Gasteiger charge is -2.29. The fourth-order valence-corrected chi connectivity index (χ4v) is 3.94. The highest BCUT2D eigenvalue weighted by atomic mass is 32.1. The quantitative estimate of drug-likeness (QED) is 0.709. The van der Waals surface area contributed by atoms with Gasteiger partial charge in [-0.25, -0.2) is 4.79 Å². The fraction of sp³-hybridized carbons (Fsp3) is 0.474. The number of benzene rings is 1. The lowest BCUT2D eigenvalue weighted by Crippen LogP contribution is -2.50. The van der Waals surface area contributed by atoms with Crippen LogP contribution in [-0.2, 0) is 20.7 Å². The van der Waals surface area contributed by atoms with Crippen LogP contribution in [0.1, 0.15) is 25.8 Å². The summed E-state index contributed by atoms with van der Waals surface area (Å²) in [5.41, 5.74) is 1.69. The molecule has 1 amide bonds. The Morgan fingerprint density at radius 2 is 2.07 bits per heavy atom. The number of ether oxygens (including phenoxy) is 2. The molecule has 0 saturated heterocycles. The van der Waals surface area contributed by atoms with Gasteiger partial charge < -0.3 is 14.8 Å². The van der Waals surface area contributed by atoms with Crippen molar-refractivity contribution < 1.29 is 19.1 Å². The molecular weight excluding hydrogens is 380 g/mol. The minimum absolute atomic E-state index is 0.191. The number of fused-ring (bicyclic) bond motifs is 1. The Balaban J connectivity index is 1.91. The number of nitrogens with one attached hydrogen (secondary N) is 1. The molecule has 150 valence electrons. The van der Waals surface area contributed by atoms with Gasteiger partial charge in [-0.2, -0.15) is 4.98 Å². The maximum atomic E-state index is 13.5. The summed E-state index contributed by atoms with van der Waals surface area (Å²) in [7, 11) is 2.83. The lowest BCUT2D eigenvalue weighted by atomic mass is 10.0. The highest BCUT2D eigenvalue weighted by Gasteiger charge is 2.41. The Kier molecular flexibility index (Phi) is 6.13. The molecule has 0 saturated carbocycles. The Labute approximate surface area is 168 Å². The largest absolute Gasteiger partial charge is 0.467 e. The number of amides is 1. The molecule has 28 heavy (non-hydrogen) atoms. The van der Waals surface area contributed by atoms with Crippen molar-refractivity contribution >= 4 is 34.2 Å². The van der Waals surface area contributed by atoms with Crippen LogP contribution in [0.5, 0.6) is 6.01 Å². The average molecular weight is 404 g/mol. The van der Waals surface area contributed by atoms with Crippen LogP contribution >= 0.6 is 11.5 Å². The Morgan fingerprint density at radius 1 is 1.32 bits per heavy atom. The van der Waals surface area contributed by atoms with E-state index in [-0.39, 0.29) is 17.8 Å². The van der Waals surface area contributed by atoms with E-state index in [0.717, 1.165) is 22.8 Å². The molecule has 8 nitrogen and oxygen atoms in total. The number of nitrogens with zero attached hydrogens (tertiary/aromatic N) is 3. The molecule has 0 bridgehead atoms. The molecular formula is C19H24N4O4S. The molecule has 1 aliphatic heterocycles. The van der Waals surface area contributed by atoms with Gasteiger partial charge in [0.1, 0.15) is 12.1 Å². The normalized spacial score (nSPS) is 16.6. The summed E-state index contributed by atoms with van der Waals surface area (Å²) in [4.78, 5) is 31.7. The van der Waals surface area contributed by atoms with Gasteiger partial charge in [0.15, 0.2) is 0 Å². The standard InChI is InChI=1S/C19H24N4O4S/c1-11(2)9-13(20-19-21-18(27-4)22-28-19)16(24)23-14-8-6-5-7-12(14)10-15(23)17(25)26-3/h5-8,11,13,15H,9-10H2,1-4H3,(H,20,21,22)/t13-,15?/m0/s1. The highest BCUT2D eigenvalue weighted by molar-refractivity contribution is 7.09. The maximum absolute atomic E-state index is 13.5. The van der Waals surface area contributed by atoms with E-state index in [0.29, 0.717) is 18.0 Å². The van der Waals surface area contributed by atoms with Gasteiger partial charge in [0.05, 0.1) is 14.2 Å². The van der Waals surface area contributed by atoms with Crippen LogP contribution in [0.3, 0.4) is 0 Å². The van der Waals surface area contributed by atoms with Gasteiger partial charge in [-0.3, -0.25) is 9.69 Å². The number of rotatable bonds is 7. The Bertz CT molecular complexity index is 854. The van der Waals surface area contributed by atoms with Gasteiger partial charge in [0.2, 0.25) is 11.0 Å². The average Bonchev–Trinajstić information content (AvgIpc) is 3.30. The Morgan fingerprint density at radius 3 is 2.71 bits per heavy atom. The van der Waals surface area contributed by atoms with Crippen LogP contribution in [0.25, 0.3) is 0 Å². The molecule has 1 aliphatic rings. The summed E-state index contributed by atoms with van der Waals surface area (Å²) >= 11 is 1.13. The third-order valence-corrected chi connectivity index (χ3v) is 5.21. The molecule has 0 fully saturated rings. The van der Waals surface area contributed by atoms with Crippen LogP contribution < -0.4 is 15.0 Å². The molecule has 0 spiro atoms. The van der Waals surface area contributed by atoms with Crippen molar-refractivity contribution in [2.45, 2.75) is 38.8 Å². The Hall–Kier alpha value is -2.68. The number of aromatic nitrogens is 2. The maximum Gasteiger partial charge on any atom is 0.329 e. The second-order valence-electron chi connectivity index (χ2n) is 6.99. The molecule has 0 aliphatic carbocycles. The zero-order valence-corrected chi connectivity index (χ0v) is 17.2. The summed E-state index contributed by atoms with van der Waals surface area (Å²) in [6, 6.07) is 6.57. The third-order valence-electron chi connectivity index (χ3n) is 4.58. The first-order valence-corrected chi connectivity index (χ1v) is 9.85. The van der Waals surface area contributed by atoms with Crippen molar-refractivity contribution in [1.29, 1.82) is 0 Å². The van der Waals surface area contributed by atoms with Gasteiger partial charge in [0.25, 0.3) is 0 Å². The third kappa shape index (κ3) is 4.09. The molecule has 1 aromatic heterocycles. The van der Waals surface area contributed by atoms with Crippen LogP contribution in [0.4, 0.5) is 10.8 Å². The minimum atomic E-state index is -0.671. The van der Waals surface area contributed by atoms with Gasteiger partial charge in [-0.15, -0.1) is 4.37 Å². The van der Waals surface area contributed by atoms with E-state index in [4.69, 9.17) is 9.47 Å². The van der Waals surface area contributed by atoms with Crippen molar-refractivity contribution in [2.75, 3.05) is 24.4 Å². The van der Waals surface area contributed by atoms with Gasteiger partial charge in [0, 0.05) is 23.6 Å². The van der Waals surface area contributed by atoms with Gasteiger partial charge in [-0.05, 0) is 24.0 Å². The summed E-state index contributed by atoms with van der Waals surface area (Å²) in [6.07, 6.45) is 1.02. The van der Waals surface area contributed by atoms with Crippen LogP contribution in [0, 0.1) is 5.92 Å². The van der Waals surface area contributed by atoms with Crippen molar-refractivity contribution in [1.82, 2.24) is 9.36 Å². The monoisotopic (exact) mass is 404 g/mol. The molecule has 2 atom stereocenters. The van der Waals surface area contributed by atoms with Gasteiger partial charge >= 0.3 is 12.0 Å². The zero-order chi connectivity index (χ0) is 20.3. The van der Waals surface area contributed by atoms with E-state index in [9.17, 15) is 9.59 Å². The van der Waals surface area contributed by atoms with E-state index < -0.39 is 18.1 Å². The minimum Gasteiger partial charge on any atom is -0.467 e. The number of methoxy groups -OCH3 is 2. The molecule has 0 radical (unpaired) electrons. The van der Waals surface area contributed by atoms with Crippen molar-refractivity contribution in [3.63, 3.8) is 0 Å². The second kappa shape index (κ2) is 8.55. The van der Waals surface area contributed by atoms with E-state index in [1.807, 2.05) is 38.1 Å². The van der Waals surface area contributed by atoms with Crippen molar-refractivity contribution in [3.8, 4) is 6.01 Å². The number of esters is 1. The van der Waals surface area contributed by atoms with Crippen molar-refractivity contribution in [2.24, 2.45) is 5.92 Å². The van der Waals surface area contributed by atoms with Crippen molar-refractivity contribution in [3.05, 3.63) is 29.8 Å². The number of hydrogen-bond donors (Lipinski definition) is 1. The van der Waals surface area contributed by atoms with E-state index in [1.165, 1.54) is 14.2 Å². The molecule has 1 N–H and O–H groups in total. The number of hydrogen-bond acceptors (Lipinski definition) is 8. The second-order valence-corrected chi connectivity index (χ2v) is 7.74. The first-order chi connectivity index (χ1) is 13.4. The molecule has 2 aromatic rings. The number of para-hydroxylation sites is 1. The molecule has 2 heterocycles. The summed E-state index contributed by atoms with van der Waals surface area (Å²) in [5, 5.41) is 3.67. The summed E-state index contributed by atoms with van der Waals surface area (Å²) in [6.45, 7) is 4.08. The lowest BCUT2D eigenvalue weighted by molar-refractivity contribution is -0.143. The molecule has 3 rings (SSSR count). The molecule has 1 aromatic carbocycles. The van der Waals surface area contributed by atoms with Crippen LogP contribution in [-0.4, -0.2) is 47.5 Å². The van der Waals surface area contributed by atoms with Crippen LogP contribution in [0.2, 0.25) is 0 Å². The van der Waals surface area contributed by atoms with E-state index in [2.05, 4.69) is 14.7 Å². The molecule has 1 unspecified atom stereocenters. The fourth-order valence-electron chi connectivity index (χ4n) is 3.34. The molecule has 9 heteroatoms. The first kappa shape index (κ1) is 20.1. The predicted molar refractivity (Wildman–Crippen MR) is 107 cm³/mol. The summed E-state index contributed by atoms with van der Waals surface area (Å²) < 4.78 is 14.0. The van der Waals surface area contributed by atoms with Crippen LogP contribution in [0.15, 0.2) is 24.3 Å². The zero-order valence-electron chi connectivity index (χ0n) is 16.3. The van der Waals surface area contributed by atoms with E-state index in [1.54, 1.807) is 4.90 Å². The number of anilines is 2. The first-order valence-electron chi connectivity index (χ1n) is 9.07. The number of carbonyl (C=O) groups is 2. The van der Waals surface area contributed by atoms with Gasteiger partial charge in [-0.1, -0.05) is 32.0 Å². The van der Waals surface area contributed by atoms with E-state index >= 15 is 0 Å². The number of carbonyl (C=O) groups excluding carboxylic acids is 2. The highest BCUT2D eigenvalue weighted by Crippen LogP contribution is 2.34. The topological polar surface area (TPSA) is 93.7 Å².